The molecule has 2 N–H and O–H groups in total. The van der Waals surface area contributed by atoms with Crippen molar-refractivity contribution in [3.05, 3.63) is 29.8 Å². The summed E-state index contributed by atoms with van der Waals surface area (Å²) in [5, 5.41) is 12.2. The van der Waals surface area contributed by atoms with Gasteiger partial charge in [-0.15, -0.1) is 0 Å². The maximum Gasteiger partial charge on any atom is 0.327 e. The Morgan fingerprint density at radius 2 is 2.10 bits per heavy atom. The molecule has 5 heteroatoms. The smallest absolute Gasteiger partial charge is 0.327 e. The van der Waals surface area contributed by atoms with E-state index < -0.39 is 12.0 Å². The van der Waals surface area contributed by atoms with Crippen molar-refractivity contribution in [2.24, 2.45) is 11.8 Å². The van der Waals surface area contributed by atoms with Crippen molar-refractivity contribution >= 4 is 17.7 Å². The molecule has 0 radical (unpaired) electrons. The number of nitrogens with zero attached hydrogens (tertiary/aromatic N) is 1. The Balaban J connectivity index is 1.77. The molecule has 1 saturated carbocycles. The molecule has 0 bridgehead atoms. The van der Waals surface area contributed by atoms with Gasteiger partial charge in [0.25, 0.3) is 0 Å². The maximum atomic E-state index is 12.3. The zero-order chi connectivity index (χ0) is 14.3. The molecular formula is C15H18N2O3. The van der Waals surface area contributed by atoms with E-state index in [1.165, 1.54) is 4.90 Å². The second-order valence-electron chi connectivity index (χ2n) is 5.72. The summed E-state index contributed by atoms with van der Waals surface area (Å²) in [5.74, 6) is 0.243. The Morgan fingerprint density at radius 1 is 1.40 bits per heavy atom. The summed E-state index contributed by atoms with van der Waals surface area (Å²) in [4.78, 5) is 25.1. The molecule has 3 rings (SSSR count). The van der Waals surface area contributed by atoms with Gasteiger partial charge in [0.2, 0.25) is 0 Å². The Kier molecular flexibility index (Phi) is 3.12. The van der Waals surface area contributed by atoms with E-state index in [9.17, 15) is 14.7 Å². The summed E-state index contributed by atoms with van der Waals surface area (Å²) in [6.45, 7) is 2.78. The number of anilines is 1. The average Bonchev–Trinajstić information content (AvgIpc) is 2.99. The van der Waals surface area contributed by atoms with E-state index in [1.807, 2.05) is 18.2 Å². The third kappa shape index (κ3) is 2.24. The molecule has 1 aromatic carbocycles. The van der Waals surface area contributed by atoms with E-state index in [1.54, 1.807) is 6.07 Å². The largest absolute Gasteiger partial charge is 0.480 e. The summed E-state index contributed by atoms with van der Waals surface area (Å²) in [7, 11) is 0. The van der Waals surface area contributed by atoms with Crippen LogP contribution in [-0.4, -0.2) is 29.7 Å². The molecule has 0 saturated heterocycles. The van der Waals surface area contributed by atoms with E-state index in [-0.39, 0.29) is 6.03 Å². The predicted molar refractivity (Wildman–Crippen MR) is 74.7 cm³/mol. The minimum atomic E-state index is -0.962. The first-order valence-corrected chi connectivity index (χ1v) is 6.95. The fraction of sp³-hybridized carbons (Fsp3) is 0.467. The van der Waals surface area contributed by atoms with Crippen LogP contribution < -0.4 is 10.2 Å². The quantitative estimate of drug-likeness (QED) is 0.884. The van der Waals surface area contributed by atoms with Crippen LogP contribution in [0.1, 0.15) is 18.9 Å². The van der Waals surface area contributed by atoms with Crippen molar-refractivity contribution < 1.29 is 14.7 Å². The molecule has 5 nitrogen and oxygen atoms in total. The van der Waals surface area contributed by atoms with Crippen LogP contribution in [0.5, 0.6) is 0 Å². The predicted octanol–water partition coefficient (Wildman–Crippen LogP) is 1.87. The standard InChI is InChI=1S/C15H18N2O3/c1-9-6-11(9)8-16-15(20)17-12-5-3-2-4-10(12)7-13(17)14(18)19/h2-5,9,11,13H,6-8H2,1H3,(H,16,20)(H,18,19). The summed E-state index contributed by atoms with van der Waals surface area (Å²) in [6.07, 6.45) is 1.51. The second kappa shape index (κ2) is 4.81. The molecule has 1 heterocycles. The highest BCUT2D eigenvalue weighted by Gasteiger charge is 2.39. The number of amides is 2. The molecule has 1 aliphatic heterocycles. The first kappa shape index (κ1) is 13.0. The van der Waals surface area contributed by atoms with Gasteiger partial charge in [0.15, 0.2) is 0 Å². The lowest BCUT2D eigenvalue weighted by molar-refractivity contribution is -0.138. The third-order valence-corrected chi connectivity index (χ3v) is 4.27. The van der Waals surface area contributed by atoms with Gasteiger partial charge in [0.1, 0.15) is 6.04 Å². The lowest BCUT2D eigenvalue weighted by Gasteiger charge is -2.23. The number of fused-ring (bicyclic) bond motifs is 1. The fourth-order valence-corrected chi connectivity index (χ4v) is 2.82. The highest BCUT2D eigenvalue weighted by Crippen LogP contribution is 2.37. The minimum absolute atomic E-state index is 0.304. The molecule has 106 valence electrons. The van der Waals surface area contributed by atoms with Crippen LogP contribution >= 0.6 is 0 Å². The van der Waals surface area contributed by atoms with Crippen molar-refractivity contribution in [3.8, 4) is 0 Å². The number of para-hydroxylation sites is 1. The Hall–Kier alpha value is -2.04. The van der Waals surface area contributed by atoms with Crippen molar-refractivity contribution in [2.45, 2.75) is 25.8 Å². The zero-order valence-electron chi connectivity index (χ0n) is 11.4. The lowest BCUT2D eigenvalue weighted by Crippen LogP contribution is -2.48. The second-order valence-corrected chi connectivity index (χ2v) is 5.72. The van der Waals surface area contributed by atoms with Gasteiger partial charge < -0.3 is 10.4 Å². The van der Waals surface area contributed by atoms with Gasteiger partial charge in [-0.25, -0.2) is 9.59 Å². The molecule has 1 aliphatic carbocycles. The van der Waals surface area contributed by atoms with Crippen molar-refractivity contribution in [1.29, 1.82) is 0 Å². The van der Waals surface area contributed by atoms with Gasteiger partial charge in [-0.2, -0.15) is 0 Å². The Labute approximate surface area is 117 Å². The van der Waals surface area contributed by atoms with E-state index in [0.29, 0.717) is 30.5 Å². The van der Waals surface area contributed by atoms with E-state index in [2.05, 4.69) is 12.2 Å². The molecule has 1 fully saturated rings. The summed E-state index contributed by atoms with van der Waals surface area (Å²) in [5.41, 5.74) is 1.62. The van der Waals surface area contributed by atoms with Gasteiger partial charge >= 0.3 is 12.0 Å². The van der Waals surface area contributed by atoms with E-state index in [4.69, 9.17) is 0 Å². The number of carboxylic acid groups (broad SMARTS) is 1. The number of rotatable bonds is 3. The molecular weight excluding hydrogens is 256 g/mol. The number of hydrogen-bond donors (Lipinski definition) is 2. The summed E-state index contributed by atoms with van der Waals surface area (Å²) in [6, 6.07) is 6.27. The van der Waals surface area contributed by atoms with Crippen LogP contribution in [0.25, 0.3) is 0 Å². The number of carbonyl (C=O) groups excluding carboxylic acids is 1. The minimum Gasteiger partial charge on any atom is -0.480 e. The summed E-state index contributed by atoms with van der Waals surface area (Å²) >= 11 is 0. The van der Waals surface area contributed by atoms with Crippen molar-refractivity contribution in [3.63, 3.8) is 0 Å². The Bertz CT molecular complexity index is 558. The highest BCUT2D eigenvalue weighted by molar-refractivity contribution is 6.01. The number of aliphatic carboxylic acids is 1. The van der Waals surface area contributed by atoms with Crippen LogP contribution in [0.4, 0.5) is 10.5 Å². The molecule has 2 aliphatic rings. The average molecular weight is 274 g/mol. The number of benzene rings is 1. The SMILES string of the molecule is CC1CC1CNC(=O)N1c2ccccc2CC1C(=O)O. The lowest BCUT2D eigenvalue weighted by atomic mass is 10.1. The van der Waals surface area contributed by atoms with Gasteiger partial charge in [-0.1, -0.05) is 25.1 Å². The zero-order valence-corrected chi connectivity index (χ0v) is 11.4. The monoisotopic (exact) mass is 274 g/mol. The van der Waals surface area contributed by atoms with Crippen LogP contribution in [0, 0.1) is 11.8 Å². The first-order valence-electron chi connectivity index (χ1n) is 6.95. The Morgan fingerprint density at radius 3 is 2.75 bits per heavy atom. The van der Waals surface area contributed by atoms with Crippen molar-refractivity contribution in [1.82, 2.24) is 5.32 Å². The van der Waals surface area contributed by atoms with Crippen LogP contribution in [0.3, 0.4) is 0 Å². The third-order valence-electron chi connectivity index (χ3n) is 4.27. The molecule has 3 atom stereocenters. The molecule has 3 unspecified atom stereocenters. The van der Waals surface area contributed by atoms with E-state index in [0.717, 1.165) is 12.0 Å². The van der Waals surface area contributed by atoms with Gasteiger partial charge in [-0.3, -0.25) is 4.90 Å². The van der Waals surface area contributed by atoms with Crippen LogP contribution in [0.15, 0.2) is 24.3 Å². The number of carboxylic acids is 1. The fourth-order valence-electron chi connectivity index (χ4n) is 2.82. The van der Waals surface area contributed by atoms with Crippen LogP contribution in [-0.2, 0) is 11.2 Å². The van der Waals surface area contributed by atoms with Crippen molar-refractivity contribution in [2.75, 3.05) is 11.4 Å². The number of carbonyl (C=O) groups is 2. The number of hydrogen-bond acceptors (Lipinski definition) is 2. The first-order chi connectivity index (χ1) is 9.58. The topological polar surface area (TPSA) is 69.6 Å². The van der Waals surface area contributed by atoms with Gasteiger partial charge in [0, 0.05) is 18.7 Å². The number of nitrogens with one attached hydrogen (secondary N) is 1. The molecule has 0 spiro atoms. The molecule has 0 aromatic heterocycles. The molecule has 1 aromatic rings. The maximum absolute atomic E-state index is 12.3. The van der Waals surface area contributed by atoms with Gasteiger partial charge in [-0.05, 0) is 29.9 Å². The number of urea groups is 1. The van der Waals surface area contributed by atoms with Crippen LogP contribution in [0.2, 0.25) is 0 Å². The van der Waals surface area contributed by atoms with Gasteiger partial charge in [0.05, 0.1) is 0 Å². The normalized spacial score (nSPS) is 27.1. The molecule has 20 heavy (non-hydrogen) atoms. The van der Waals surface area contributed by atoms with E-state index >= 15 is 0 Å². The highest BCUT2D eigenvalue weighted by atomic mass is 16.4. The summed E-state index contributed by atoms with van der Waals surface area (Å²) < 4.78 is 0. The molecule has 2 amide bonds.